The quantitative estimate of drug-likeness (QED) is 0.487. The zero-order valence-electron chi connectivity index (χ0n) is 16.8. The molecule has 2 heterocycles. The Kier molecular flexibility index (Phi) is 6.71. The number of aliphatic imine (C=N–C) groups is 1. The molecule has 0 saturated heterocycles. The minimum absolute atomic E-state index is 0.548. The standard InChI is InChI=1S/C21H27N5OS/c1-5-22-21(26(3)14-18-7-6-12-25(18)2)23-13-17-15-28-20(24-17)16-8-10-19(27-4)11-9-16/h6-12,15H,5,13-14H2,1-4H3,(H,22,23). The van der Waals surface area contributed by atoms with Crippen LogP contribution in [-0.2, 0) is 20.1 Å². The molecule has 0 spiro atoms. The summed E-state index contributed by atoms with van der Waals surface area (Å²) in [5.41, 5.74) is 3.30. The van der Waals surface area contributed by atoms with E-state index in [9.17, 15) is 0 Å². The Morgan fingerprint density at radius 2 is 2.07 bits per heavy atom. The van der Waals surface area contributed by atoms with Crippen LogP contribution in [0.3, 0.4) is 0 Å². The van der Waals surface area contributed by atoms with Crippen LogP contribution < -0.4 is 10.1 Å². The minimum atomic E-state index is 0.548. The van der Waals surface area contributed by atoms with Gasteiger partial charge in [0.1, 0.15) is 10.8 Å². The molecule has 0 amide bonds. The van der Waals surface area contributed by atoms with E-state index in [1.807, 2.05) is 24.3 Å². The first kappa shape index (κ1) is 19.9. The number of methoxy groups -OCH3 is 1. The lowest BCUT2D eigenvalue weighted by molar-refractivity contribution is 0.415. The molecular formula is C21H27N5OS. The number of ether oxygens (including phenoxy) is 1. The SMILES string of the molecule is CCNC(=NCc1csc(-c2ccc(OC)cc2)n1)N(C)Cc1cccn1C. The van der Waals surface area contributed by atoms with E-state index < -0.39 is 0 Å². The first-order valence-electron chi connectivity index (χ1n) is 9.29. The smallest absolute Gasteiger partial charge is 0.194 e. The topological polar surface area (TPSA) is 54.7 Å². The van der Waals surface area contributed by atoms with Crippen molar-refractivity contribution in [3.63, 3.8) is 0 Å². The number of nitrogens with zero attached hydrogens (tertiary/aromatic N) is 4. The number of benzene rings is 1. The van der Waals surface area contributed by atoms with E-state index in [2.05, 4.69) is 59.5 Å². The number of nitrogens with one attached hydrogen (secondary N) is 1. The predicted molar refractivity (Wildman–Crippen MR) is 116 cm³/mol. The fourth-order valence-corrected chi connectivity index (χ4v) is 3.67. The number of hydrogen-bond acceptors (Lipinski definition) is 4. The number of rotatable bonds is 7. The van der Waals surface area contributed by atoms with Crippen molar-refractivity contribution in [1.82, 2.24) is 19.8 Å². The van der Waals surface area contributed by atoms with E-state index in [1.54, 1.807) is 18.4 Å². The van der Waals surface area contributed by atoms with E-state index in [-0.39, 0.29) is 0 Å². The maximum atomic E-state index is 5.22. The summed E-state index contributed by atoms with van der Waals surface area (Å²) in [6.45, 7) is 4.25. The molecule has 0 unspecified atom stereocenters. The van der Waals surface area contributed by atoms with Crippen LogP contribution in [0.15, 0.2) is 53.0 Å². The molecule has 1 aromatic carbocycles. The van der Waals surface area contributed by atoms with Crippen LogP contribution in [0.1, 0.15) is 18.3 Å². The summed E-state index contributed by atoms with van der Waals surface area (Å²) >= 11 is 1.64. The van der Waals surface area contributed by atoms with Gasteiger partial charge in [-0.3, -0.25) is 0 Å². The summed E-state index contributed by atoms with van der Waals surface area (Å²) in [5.74, 6) is 1.73. The molecule has 0 aliphatic carbocycles. The molecule has 0 fully saturated rings. The van der Waals surface area contributed by atoms with Crippen molar-refractivity contribution >= 4 is 17.3 Å². The third kappa shape index (κ3) is 4.92. The van der Waals surface area contributed by atoms with E-state index in [0.717, 1.165) is 41.1 Å². The minimum Gasteiger partial charge on any atom is -0.497 e. The normalized spacial score (nSPS) is 11.5. The molecule has 0 aliphatic rings. The molecule has 0 saturated carbocycles. The van der Waals surface area contributed by atoms with Gasteiger partial charge in [0.05, 0.1) is 25.9 Å². The molecule has 0 bridgehead atoms. The zero-order chi connectivity index (χ0) is 19.9. The van der Waals surface area contributed by atoms with Gasteiger partial charge in [-0.05, 0) is 43.3 Å². The molecule has 0 radical (unpaired) electrons. The summed E-state index contributed by atoms with van der Waals surface area (Å²) in [5, 5.41) is 6.43. The number of aromatic nitrogens is 2. The Hall–Kier alpha value is -2.80. The lowest BCUT2D eigenvalue weighted by Gasteiger charge is -2.22. The van der Waals surface area contributed by atoms with Gasteiger partial charge in [-0.15, -0.1) is 11.3 Å². The monoisotopic (exact) mass is 397 g/mol. The third-order valence-electron chi connectivity index (χ3n) is 4.43. The average Bonchev–Trinajstić information content (AvgIpc) is 3.34. The van der Waals surface area contributed by atoms with Gasteiger partial charge < -0.3 is 19.5 Å². The number of hydrogen-bond donors (Lipinski definition) is 1. The Bertz CT molecular complexity index is 913. The van der Waals surface area contributed by atoms with Crippen LogP contribution in [0.25, 0.3) is 10.6 Å². The van der Waals surface area contributed by atoms with Crippen molar-refractivity contribution in [2.24, 2.45) is 12.0 Å². The zero-order valence-corrected chi connectivity index (χ0v) is 17.7. The van der Waals surface area contributed by atoms with Crippen LogP contribution in [0.2, 0.25) is 0 Å². The van der Waals surface area contributed by atoms with Gasteiger partial charge in [-0.1, -0.05) is 0 Å². The summed E-state index contributed by atoms with van der Waals surface area (Å²) in [6.07, 6.45) is 2.06. The predicted octanol–water partition coefficient (Wildman–Crippen LogP) is 3.75. The first-order chi connectivity index (χ1) is 13.6. The molecule has 3 aromatic rings. The summed E-state index contributed by atoms with van der Waals surface area (Å²) in [7, 11) is 5.78. The molecule has 7 heteroatoms. The van der Waals surface area contributed by atoms with Crippen molar-refractivity contribution in [3.05, 3.63) is 59.4 Å². The lowest BCUT2D eigenvalue weighted by atomic mass is 10.2. The maximum Gasteiger partial charge on any atom is 0.194 e. The van der Waals surface area contributed by atoms with Gasteiger partial charge in [-0.2, -0.15) is 0 Å². The summed E-state index contributed by atoms with van der Waals surface area (Å²) in [6, 6.07) is 12.2. The van der Waals surface area contributed by atoms with E-state index in [1.165, 1.54) is 5.69 Å². The second kappa shape index (κ2) is 9.41. The van der Waals surface area contributed by atoms with Crippen molar-refractivity contribution in [3.8, 4) is 16.3 Å². The first-order valence-corrected chi connectivity index (χ1v) is 10.2. The van der Waals surface area contributed by atoms with Crippen LogP contribution >= 0.6 is 11.3 Å². The summed E-state index contributed by atoms with van der Waals surface area (Å²) in [4.78, 5) is 11.6. The van der Waals surface area contributed by atoms with Gasteiger partial charge in [0.25, 0.3) is 0 Å². The molecule has 0 aliphatic heterocycles. The van der Waals surface area contributed by atoms with Crippen molar-refractivity contribution < 1.29 is 4.74 Å². The fourth-order valence-electron chi connectivity index (χ4n) is 2.85. The molecule has 0 atom stereocenters. The van der Waals surface area contributed by atoms with Gasteiger partial charge in [-0.25, -0.2) is 9.98 Å². The summed E-state index contributed by atoms with van der Waals surface area (Å²) < 4.78 is 7.34. The lowest BCUT2D eigenvalue weighted by Crippen LogP contribution is -2.38. The molecule has 148 valence electrons. The second-order valence-corrected chi connectivity index (χ2v) is 7.37. The van der Waals surface area contributed by atoms with Gasteiger partial charge in [0, 0.05) is 43.5 Å². The van der Waals surface area contributed by atoms with E-state index in [4.69, 9.17) is 14.7 Å². The highest BCUT2D eigenvalue weighted by Gasteiger charge is 2.10. The van der Waals surface area contributed by atoms with E-state index in [0.29, 0.717) is 6.54 Å². The van der Waals surface area contributed by atoms with Gasteiger partial charge in [0.2, 0.25) is 0 Å². The maximum absolute atomic E-state index is 5.22. The Balaban J connectivity index is 1.68. The van der Waals surface area contributed by atoms with Crippen molar-refractivity contribution in [1.29, 1.82) is 0 Å². The van der Waals surface area contributed by atoms with Gasteiger partial charge in [0.15, 0.2) is 5.96 Å². The average molecular weight is 398 g/mol. The van der Waals surface area contributed by atoms with E-state index >= 15 is 0 Å². The van der Waals surface area contributed by atoms with Crippen LogP contribution in [0, 0.1) is 0 Å². The molecule has 6 nitrogen and oxygen atoms in total. The molecular weight excluding hydrogens is 370 g/mol. The fraction of sp³-hybridized carbons (Fsp3) is 0.333. The third-order valence-corrected chi connectivity index (χ3v) is 5.37. The molecule has 3 rings (SSSR count). The second-order valence-electron chi connectivity index (χ2n) is 6.51. The molecule has 1 N–H and O–H groups in total. The highest BCUT2D eigenvalue weighted by molar-refractivity contribution is 7.13. The Morgan fingerprint density at radius 3 is 2.71 bits per heavy atom. The van der Waals surface area contributed by atoms with Crippen LogP contribution in [0.5, 0.6) is 5.75 Å². The highest BCUT2D eigenvalue weighted by Crippen LogP contribution is 2.26. The highest BCUT2D eigenvalue weighted by atomic mass is 32.1. The number of thiazole rings is 1. The van der Waals surface area contributed by atoms with Crippen molar-refractivity contribution in [2.45, 2.75) is 20.0 Å². The number of guanidine groups is 1. The van der Waals surface area contributed by atoms with Crippen molar-refractivity contribution in [2.75, 3.05) is 20.7 Å². The van der Waals surface area contributed by atoms with Crippen LogP contribution in [-0.4, -0.2) is 41.1 Å². The van der Waals surface area contributed by atoms with Crippen LogP contribution in [0.4, 0.5) is 0 Å². The van der Waals surface area contributed by atoms with Gasteiger partial charge >= 0.3 is 0 Å². The Labute approximate surface area is 170 Å². The molecule has 2 aromatic heterocycles. The number of aryl methyl sites for hydroxylation is 1. The largest absolute Gasteiger partial charge is 0.497 e. The Morgan fingerprint density at radius 1 is 1.29 bits per heavy atom. The molecule has 28 heavy (non-hydrogen) atoms.